The van der Waals surface area contributed by atoms with Gasteiger partial charge in [0, 0.05) is 24.5 Å². The lowest BCUT2D eigenvalue weighted by atomic mass is 10.1. The maximum atomic E-state index is 13.6. The summed E-state index contributed by atoms with van der Waals surface area (Å²) in [6.45, 7) is 3.82. The van der Waals surface area contributed by atoms with E-state index in [4.69, 9.17) is 9.47 Å². The van der Waals surface area contributed by atoms with Crippen molar-refractivity contribution in [3.63, 3.8) is 0 Å². The second-order valence-corrected chi connectivity index (χ2v) is 10.9. The molecule has 0 aromatic heterocycles. The Morgan fingerprint density at radius 2 is 1.69 bits per heavy atom. The molecule has 1 N–H and O–H groups in total. The molecule has 2 aliphatic rings. The summed E-state index contributed by atoms with van der Waals surface area (Å²) in [6.07, 6.45) is 1.36. The molecular weight excluding hydrogens is 478 g/mol. The summed E-state index contributed by atoms with van der Waals surface area (Å²) in [6, 6.07) is 19.1. The molecule has 0 saturated carbocycles. The highest BCUT2D eigenvalue weighted by molar-refractivity contribution is 7.92. The van der Waals surface area contributed by atoms with Gasteiger partial charge in [-0.15, -0.1) is 0 Å². The van der Waals surface area contributed by atoms with Crippen LogP contribution in [-0.4, -0.2) is 47.2 Å². The third kappa shape index (κ3) is 4.70. The van der Waals surface area contributed by atoms with Crippen molar-refractivity contribution in [3.8, 4) is 11.5 Å². The summed E-state index contributed by atoms with van der Waals surface area (Å²) in [5.41, 5.74) is 3.05. The lowest BCUT2D eigenvalue weighted by molar-refractivity contribution is -0.122. The van der Waals surface area contributed by atoms with Crippen LogP contribution < -0.4 is 24.0 Å². The number of hydrogen-bond donors (Lipinski definition) is 1. The topological polar surface area (TPSA) is 88.2 Å². The summed E-state index contributed by atoms with van der Waals surface area (Å²) >= 11 is 0. The molecule has 2 aliphatic heterocycles. The fourth-order valence-electron chi connectivity index (χ4n) is 4.55. The van der Waals surface area contributed by atoms with Gasteiger partial charge < -0.3 is 19.7 Å². The van der Waals surface area contributed by atoms with Gasteiger partial charge in [-0.3, -0.25) is 9.10 Å². The fraction of sp³-hybridized carbons (Fsp3) is 0.296. The van der Waals surface area contributed by atoms with E-state index in [0.29, 0.717) is 22.9 Å². The molecule has 0 spiro atoms. The molecule has 3 aromatic carbocycles. The van der Waals surface area contributed by atoms with Gasteiger partial charge in [0.1, 0.15) is 11.5 Å². The van der Waals surface area contributed by atoms with Gasteiger partial charge in [0.2, 0.25) is 0 Å². The third-order valence-corrected chi connectivity index (χ3v) is 8.32. The van der Waals surface area contributed by atoms with E-state index in [-0.39, 0.29) is 11.4 Å². The van der Waals surface area contributed by atoms with Gasteiger partial charge in [-0.1, -0.05) is 6.07 Å². The van der Waals surface area contributed by atoms with Gasteiger partial charge in [-0.25, -0.2) is 8.42 Å². The van der Waals surface area contributed by atoms with Crippen molar-refractivity contribution in [2.24, 2.45) is 0 Å². The number of amides is 1. The second-order valence-electron chi connectivity index (χ2n) is 9.02. The minimum atomic E-state index is -3.96. The quantitative estimate of drug-likeness (QED) is 0.538. The molecule has 1 saturated heterocycles. The van der Waals surface area contributed by atoms with E-state index in [2.05, 4.69) is 10.2 Å². The van der Waals surface area contributed by atoms with Crippen LogP contribution in [0.4, 0.5) is 17.1 Å². The van der Waals surface area contributed by atoms with Crippen molar-refractivity contribution < 1.29 is 22.7 Å². The molecule has 2 heterocycles. The number of nitrogens with zero attached hydrogens (tertiary/aromatic N) is 2. The number of benzene rings is 3. The number of fused-ring (bicyclic) bond motifs is 1. The molecule has 9 heteroatoms. The molecule has 1 atom stereocenters. The Hall–Kier alpha value is -3.72. The van der Waals surface area contributed by atoms with Crippen LogP contribution in [0.1, 0.15) is 18.4 Å². The summed E-state index contributed by atoms with van der Waals surface area (Å²) in [5, 5.41) is 2.88. The molecule has 0 unspecified atom stereocenters. The van der Waals surface area contributed by atoms with Gasteiger partial charge in [-0.2, -0.15) is 0 Å². The maximum Gasteiger partial charge on any atom is 0.267 e. The van der Waals surface area contributed by atoms with Crippen LogP contribution in [0.25, 0.3) is 0 Å². The molecule has 8 nitrogen and oxygen atoms in total. The van der Waals surface area contributed by atoms with Crippen LogP contribution in [0.3, 0.4) is 0 Å². The first-order valence-corrected chi connectivity index (χ1v) is 13.4. The van der Waals surface area contributed by atoms with E-state index in [1.165, 1.54) is 36.4 Å². The zero-order valence-corrected chi connectivity index (χ0v) is 21.1. The van der Waals surface area contributed by atoms with Crippen molar-refractivity contribution >= 4 is 33.0 Å². The number of ether oxygens (including phenoxy) is 2. The predicted octanol–water partition coefficient (Wildman–Crippen LogP) is 4.20. The van der Waals surface area contributed by atoms with E-state index in [0.717, 1.165) is 24.3 Å². The lowest BCUT2D eigenvalue weighted by Crippen LogP contribution is -2.48. The van der Waals surface area contributed by atoms with Crippen LogP contribution in [0, 0.1) is 6.92 Å². The number of carbonyl (C=O) groups excluding carboxylic acids is 1. The van der Waals surface area contributed by atoms with Crippen molar-refractivity contribution in [1.29, 1.82) is 0 Å². The minimum Gasteiger partial charge on any atom is -0.497 e. The molecule has 1 fully saturated rings. The van der Waals surface area contributed by atoms with Crippen LogP contribution in [0.5, 0.6) is 11.5 Å². The Kier molecular flexibility index (Phi) is 6.49. The summed E-state index contributed by atoms with van der Waals surface area (Å²) in [4.78, 5) is 15.6. The highest BCUT2D eigenvalue weighted by atomic mass is 32.2. The average molecular weight is 508 g/mol. The highest BCUT2D eigenvalue weighted by Gasteiger charge is 2.37. The van der Waals surface area contributed by atoms with Crippen LogP contribution in [-0.2, 0) is 14.8 Å². The van der Waals surface area contributed by atoms with Gasteiger partial charge in [0.15, 0.2) is 6.10 Å². The molecule has 0 radical (unpaired) electrons. The highest BCUT2D eigenvalue weighted by Crippen LogP contribution is 2.38. The molecule has 1 amide bonds. The average Bonchev–Trinajstić information content (AvgIpc) is 3.43. The summed E-state index contributed by atoms with van der Waals surface area (Å²) < 4.78 is 39.6. The largest absolute Gasteiger partial charge is 0.497 e. The van der Waals surface area contributed by atoms with E-state index in [1.54, 1.807) is 24.3 Å². The Balaban J connectivity index is 1.39. The van der Waals surface area contributed by atoms with Gasteiger partial charge in [-0.05, 0) is 86.0 Å². The summed E-state index contributed by atoms with van der Waals surface area (Å²) in [5.74, 6) is 0.494. The standard InChI is InChI=1S/C27H29N3O5S/c1-19-5-14-24-25(17-19)35-26(18-30(24)36(32,33)23-12-10-22(34-2)11-13-23)27(31)28-20-6-8-21(9-7-20)29-15-3-4-16-29/h5-14,17,26H,3-4,15-16,18H2,1-2H3,(H,28,31)/t26-/m0/s1. The molecule has 188 valence electrons. The number of anilines is 3. The molecule has 36 heavy (non-hydrogen) atoms. The predicted molar refractivity (Wildman–Crippen MR) is 140 cm³/mol. The molecule has 0 aliphatic carbocycles. The summed E-state index contributed by atoms with van der Waals surface area (Å²) in [7, 11) is -2.43. The Morgan fingerprint density at radius 1 is 1.00 bits per heavy atom. The number of aryl methyl sites for hydroxylation is 1. The number of hydrogen-bond acceptors (Lipinski definition) is 6. The molecule has 3 aromatic rings. The smallest absolute Gasteiger partial charge is 0.267 e. The van der Waals surface area contributed by atoms with Crippen LogP contribution in [0.15, 0.2) is 71.6 Å². The Morgan fingerprint density at radius 3 is 2.36 bits per heavy atom. The first-order chi connectivity index (χ1) is 17.3. The van der Waals surface area contributed by atoms with Crippen LogP contribution >= 0.6 is 0 Å². The van der Waals surface area contributed by atoms with E-state index in [9.17, 15) is 13.2 Å². The molecular formula is C27H29N3O5S. The van der Waals surface area contributed by atoms with E-state index in [1.807, 2.05) is 37.3 Å². The number of rotatable bonds is 6. The van der Waals surface area contributed by atoms with Gasteiger partial charge >= 0.3 is 0 Å². The van der Waals surface area contributed by atoms with E-state index >= 15 is 0 Å². The normalized spacial score (nSPS) is 17.3. The number of sulfonamides is 1. The minimum absolute atomic E-state index is 0.105. The first kappa shape index (κ1) is 24.0. The molecule has 0 bridgehead atoms. The van der Waals surface area contributed by atoms with Crippen molar-refractivity contribution in [2.75, 3.05) is 41.3 Å². The number of methoxy groups -OCH3 is 1. The van der Waals surface area contributed by atoms with E-state index < -0.39 is 22.0 Å². The third-order valence-electron chi connectivity index (χ3n) is 6.53. The zero-order valence-electron chi connectivity index (χ0n) is 20.3. The monoisotopic (exact) mass is 507 g/mol. The van der Waals surface area contributed by atoms with Gasteiger partial charge in [0.05, 0.1) is 24.2 Å². The fourth-order valence-corrected chi connectivity index (χ4v) is 6.03. The SMILES string of the molecule is COc1ccc(S(=O)(=O)N2C[C@@H](C(=O)Nc3ccc(N4CCCC4)cc3)Oc3cc(C)ccc32)cc1. The Bertz CT molecular complexity index is 1350. The van der Waals surface area contributed by atoms with Crippen molar-refractivity contribution in [3.05, 3.63) is 72.3 Å². The molecule has 5 rings (SSSR count). The van der Waals surface area contributed by atoms with Crippen molar-refractivity contribution in [1.82, 2.24) is 0 Å². The number of nitrogens with one attached hydrogen (secondary N) is 1. The zero-order chi connectivity index (χ0) is 25.3. The van der Waals surface area contributed by atoms with Crippen LogP contribution in [0.2, 0.25) is 0 Å². The number of carbonyl (C=O) groups is 1. The first-order valence-electron chi connectivity index (χ1n) is 11.9. The second kappa shape index (κ2) is 9.73. The lowest BCUT2D eigenvalue weighted by Gasteiger charge is -2.35. The van der Waals surface area contributed by atoms with Gasteiger partial charge in [0.25, 0.3) is 15.9 Å². The maximum absolute atomic E-state index is 13.6. The Labute approximate surface area is 211 Å². The van der Waals surface area contributed by atoms with Crippen molar-refractivity contribution in [2.45, 2.75) is 30.8 Å².